The zero-order valence-corrected chi connectivity index (χ0v) is 12.1. The maximum absolute atomic E-state index is 6.19. The van der Waals surface area contributed by atoms with Crippen LogP contribution in [0.25, 0.3) is 11.0 Å². The molecule has 92 valence electrons. The van der Waals surface area contributed by atoms with Crippen molar-refractivity contribution in [1.29, 1.82) is 0 Å². The Morgan fingerprint density at radius 3 is 2.71 bits per heavy atom. The van der Waals surface area contributed by atoms with Crippen molar-refractivity contribution in [3.05, 3.63) is 28.5 Å². The molecule has 4 heteroatoms. The van der Waals surface area contributed by atoms with E-state index in [-0.39, 0.29) is 0 Å². The van der Waals surface area contributed by atoms with Crippen molar-refractivity contribution in [3.8, 4) is 0 Å². The molecule has 0 aliphatic rings. The van der Waals surface area contributed by atoms with Gasteiger partial charge in [0.25, 0.3) is 0 Å². The second-order valence-corrected chi connectivity index (χ2v) is 5.86. The first-order valence-corrected chi connectivity index (χ1v) is 6.68. The molecule has 1 heterocycles. The van der Waals surface area contributed by atoms with Gasteiger partial charge < -0.3 is 10.3 Å². The summed E-state index contributed by atoms with van der Waals surface area (Å²) in [7, 11) is 0. The Morgan fingerprint density at radius 1 is 1.41 bits per heavy atom. The number of rotatable bonds is 3. The van der Waals surface area contributed by atoms with E-state index in [0.717, 1.165) is 34.3 Å². The highest BCUT2D eigenvalue weighted by atomic mass is 79.9. The van der Waals surface area contributed by atoms with E-state index >= 15 is 0 Å². The minimum atomic E-state index is -0.416. The van der Waals surface area contributed by atoms with Crippen LogP contribution >= 0.6 is 15.9 Å². The van der Waals surface area contributed by atoms with Crippen LogP contribution in [-0.2, 0) is 12.1 Å². The summed E-state index contributed by atoms with van der Waals surface area (Å²) in [5, 5.41) is 0. The molecule has 0 radical (unpaired) electrons. The summed E-state index contributed by atoms with van der Waals surface area (Å²) in [6, 6.07) is 6.18. The van der Waals surface area contributed by atoms with Crippen LogP contribution in [0, 0.1) is 0 Å². The summed E-state index contributed by atoms with van der Waals surface area (Å²) < 4.78 is 3.27. The Hall–Kier alpha value is -0.870. The van der Waals surface area contributed by atoms with Gasteiger partial charge in [-0.2, -0.15) is 0 Å². The van der Waals surface area contributed by atoms with Crippen LogP contribution in [0.15, 0.2) is 22.7 Å². The molecular formula is C13H18BrN3. The minimum absolute atomic E-state index is 0.416. The predicted octanol–water partition coefficient (Wildman–Crippen LogP) is 3.40. The average molecular weight is 296 g/mol. The second kappa shape index (κ2) is 4.42. The van der Waals surface area contributed by atoms with Crippen molar-refractivity contribution in [2.75, 3.05) is 0 Å². The standard InChI is InChI=1S/C13H18BrN3/c1-4-7-17-11-6-5-9(14)8-10(11)16-12(17)13(2,3)15/h5-6,8H,4,7,15H2,1-3H3. The summed E-state index contributed by atoms with van der Waals surface area (Å²) in [6.45, 7) is 7.11. The molecule has 0 saturated carbocycles. The van der Waals surface area contributed by atoms with Gasteiger partial charge in [0.1, 0.15) is 5.82 Å². The zero-order valence-electron chi connectivity index (χ0n) is 10.5. The fourth-order valence-electron chi connectivity index (χ4n) is 2.04. The zero-order chi connectivity index (χ0) is 12.6. The number of imidazole rings is 1. The summed E-state index contributed by atoms with van der Waals surface area (Å²) >= 11 is 3.48. The van der Waals surface area contributed by atoms with Gasteiger partial charge in [-0.25, -0.2) is 4.98 Å². The number of hydrogen-bond acceptors (Lipinski definition) is 2. The average Bonchev–Trinajstić information content (AvgIpc) is 2.56. The highest BCUT2D eigenvalue weighted by molar-refractivity contribution is 9.10. The number of halogens is 1. The van der Waals surface area contributed by atoms with Gasteiger partial charge in [0.15, 0.2) is 0 Å². The van der Waals surface area contributed by atoms with Crippen molar-refractivity contribution < 1.29 is 0 Å². The van der Waals surface area contributed by atoms with Gasteiger partial charge in [0, 0.05) is 11.0 Å². The van der Waals surface area contributed by atoms with Crippen LogP contribution in [0.4, 0.5) is 0 Å². The van der Waals surface area contributed by atoms with E-state index in [9.17, 15) is 0 Å². The monoisotopic (exact) mass is 295 g/mol. The minimum Gasteiger partial charge on any atom is -0.326 e. The van der Waals surface area contributed by atoms with Crippen LogP contribution in [-0.4, -0.2) is 9.55 Å². The van der Waals surface area contributed by atoms with Crippen molar-refractivity contribution >= 4 is 27.0 Å². The summed E-state index contributed by atoms with van der Waals surface area (Å²) in [5.74, 6) is 0.951. The number of hydrogen-bond donors (Lipinski definition) is 1. The topological polar surface area (TPSA) is 43.8 Å². The summed E-state index contributed by atoms with van der Waals surface area (Å²) in [4.78, 5) is 4.67. The van der Waals surface area contributed by atoms with Crippen molar-refractivity contribution in [2.24, 2.45) is 5.73 Å². The molecule has 0 saturated heterocycles. The van der Waals surface area contributed by atoms with Gasteiger partial charge in [0.05, 0.1) is 16.6 Å². The van der Waals surface area contributed by atoms with Gasteiger partial charge in [-0.15, -0.1) is 0 Å². The molecule has 0 unspecified atom stereocenters. The van der Waals surface area contributed by atoms with Crippen LogP contribution in [0.3, 0.4) is 0 Å². The molecule has 0 aliphatic carbocycles. The Kier molecular flexibility index (Phi) is 3.27. The van der Waals surface area contributed by atoms with Gasteiger partial charge in [-0.1, -0.05) is 22.9 Å². The van der Waals surface area contributed by atoms with E-state index in [4.69, 9.17) is 5.73 Å². The summed E-state index contributed by atoms with van der Waals surface area (Å²) in [6.07, 6.45) is 1.07. The van der Waals surface area contributed by atoms with E-state index in [2.05, 4.69) is 38.5 Å². The lowest BCUT2D eigenvalue weighted by molar-refractivity contribution is 0.477. The Labute approximate surface area is 110 Å². The molecule has 1 aromatic carbocycles. The first kappa shape index (κ1) is 12.6. The first-order valence-electron chi connectivity index (χ1n) is 5.88. The molecule has 3 nitrogen and oxygen atoms in total. The number of benzene rings is 1. The maximum Gasteiger partial charge on any atom is 0.129 e. The number of aryl methyl sites for hydroxylation is 1. The highest BCUT2D eigenvalue weighted by Crippen LogP contribution is 2.25. The lowest BCUT2D eigenvalue weighted by Crippen LogP contribution is -2.32. The van der Waals surface area contributed by atoms with Crippen LogP contribution < -0.4 is 5.73 Å². The molecule has 2 aromatic rings. The van der Waals surface area contributed by atoms with Gasteiger partial charge >= 0.3 is 0 Å². The smallest absolute Gasteiger partial charge is 0.129 e. The fourth-order valence-corrected chi connectivity index (χ4v) is 2.39. The molecule has 2 rings (SSSR count). The van der Waals surface area contributed by atoms with E-state index in [0.29, 0.717) is 0 Å². The number of nitrogens with zero attached hydrogens (tertiary/aromatic N) is 2. The molecule has 0 aliphatic heterocycles. The van der Waals surface area contributed by atoms with Crippen LogP contribution in [0.5, 0.6) is 0 Å². The largest absolute Gasteiger partial charge is 0.326 e. The summed E-state index contributed by atoms with van der Waals surface area (Å²) in [5.41, 5.74) is 7.94. The van der Waals surface area contributed by atoms with E-state index < -0.39 is 5.54 Å². The molecule has 0 atom stereocenters. The normalized spacial score (nSPS) is 12.3. The van der Waals surface area contributed by atoms with Gasteiger partial charge in [0.2, 0.25) is 0 Å². The Bertz CT molecular complexity index is 537. The highest BCUT2D eigenvalue weighted by Gasteiger charge is 2.22. The molecule has 0 spiro atoms. The molecular weight excluding hydrogens is 278 g/mol. The SMILES string of the molecule is CCCn1c(C(C)(C)N)nc2cc(Br)ccc21. The lowest BCUT2D eigenvalue weighted by atomic mass is 10.1. The second-order valence-electron chi connectivity index (χ2n) is 4.94. The molecule has 0 fully saturated rings. The van der Waals surface area contributed by atoms with E-state index in [1.165, 1.54) is 0 Å². The number of fused-ring (bicyclic) bond motifs is 1. The van der Waals surface area contributed by atoms with Crippen molar-refractivity contribution in [3.63, 3.8) is 0 Å². The molecule has 0 amide bonds. The van der Waals surface area contributed by atoms with E-state index in [1.807, 2.05) is 26.0 Å². The fraction of sp³-hybridized carbons (Fsp3) is 0.462. The predicted molar refractivity (Wildman–Crippen MR) is 74.9 cm³/mol. The van der Waals surface area contributed by atoms with Crippen molar-refractivity contribution in [2.45, 2.75) is 39.3 Å². The van der Waals surface area contributed by atoms with Crippen LogP contribution in [0.1, 0.15) is 33.0 Å². The Balaban J connectivity index is 2.70. The van der Waals surface area contributed by atoms with Gasteiger partial charge in [-0.05, 0) is 38.5 Å². The van der Waals surface area contributed by atoms with E-state index in [1.54, 1.807) is 0 Å². The number of nitrogens with two attached hydrogens (primary N) is 1. The molecule has 17 heavy (non-hydrogen) atoms. The molecule has 0 bridgehead atoms. The first-order chi connectivity index (χ1) is 7.93. The molecule has 1 aromatic heterocycles. The molecule has 2 N–H and O–H groups in total. The quantitative estimate of drug-likeness (QED) is 0.943. The van der Waals surface area contributed by atoms with Gasteiger partial charge in [-0.3, -0.25) is 0 Å². The van der Waals surface area contributed by atoms with Crippen LogP contribution in [0.2, 0.25) is 0 Å². The Morgan fingerprint density at radius 2 is 2.12 bits per heavy atom. The third kappa shape index (κ3) is 2.38. The number of aromatic nitrogens is 2. The maximum atomic E-state index is 6.19. The third-order valence-corrected chi connectivity index (χ3v) is 3.23. The van der Waals surface area contributed by atoms with Crippen molar-refractivity contribution in [1.82, 2.24) is 9.55 Å². The third-order valence-electron chi connectivity index (χ3n) is 2.73. The lowest BCUT2D eigenvalue weighted by Gasteiger charge is -2.19.